The van der Waals surface area contributed by atoms with Crippen molar-refractivity contribution in [3.8, 4) is 0 Å². The zero-order chi connectivity index (χ0) is 16.4. The van der Waals surface area contributed by atoms with E-state index in [4.69, 9.17) is 0 Å². The summed E-state index contributed by atoms with van der Waals surface area (Å²) in [6.45, 7) is 6.45. The van der Waals surface area contributed by atoms with Gasteiger partial charge in [0, 0.05) is 12.6 Å². The summed E-state index contributed by atoms with van der Waals surface area (Å²) in [5.41, 5.74) is -0.171. The quantitative estimate of drug-likeness (QED) is 0.831. The maximum atomic E-state index is 14.0. The SMILES string of the molecule is CC(C)(C)CN(C1CCCCC1)S(=O)(=O)c1ccccc1F. The van der Waals surface area contributed by atoms with Gasteiger partial charge in [0.05, 0.1) is 0 Å². The molecule has 0 bridgehead atoms. The number of sulfonamides is 1. The van der Waals surface area contributed by atoms with Crippen LogP contribution in [-0.4, -0.2) is 25.3 Å². The van der Waals surface area contributed by atoms with Crippen molar-refractivity contribution >= 4 is 10.0 Å². The Morgan fingerprint density at radius 2 is 1.73 bits per heavy atom. The molecule has 0 saturated heterocycles. The number of halogens is 1. The molecule has 22 heavy (non-hydrogen) atoms. The molecule has 2 rings (SSSR count). The summed E-state index contributed by atoms with van der Waals surface area (Å²) in [5, 5.41) is 0. The van der Waals surface area contributed by atoms with Gasteiger partial charge in [-0.3, -0.25) is 0 Å². The molecule has 1 aliphatic carbocycles. The van der Waals surface area contributed by atoms with Gasteiger partial charge in [-0.25, -0.2) is 12.8 Å². The molecule has 0 unspecified atom stereocenters. The van der Waals surface area contributed by atoms with Crippen molar-refractivity contribution in [2.45, 2.75) is 63.8 Å². The minimum atomic E-state index is -3.81. The van der Waals surface area contributed by atoms with Crippen molar-refractivity contribution in [3.05, 3.63) is 30.1 Å². The highest BCUT2D eigenvalue weighted by atomic mass is 32.2. The predicted molar refractivity (Wildman–Crippen MR) is 86.6 cm³/mol. The van der Waals surface area contributed by atoms with E-state index in [1.165, 1.54) is 18.2 Å². The van der Waals surface area contributed by atoms with Crippen molar-refractivity contribution in [3.63, 3.8) is 0 Å². The Hall–Kier alpha value is -0.940. The molecule has 0 spiro atoms. The standard InChI is InChI=1S/C17H26FNO2S/c1-17(2,3)13-19(14-9-5-4-6-10-14)22(20,21)16-12-8-7-11-15(16)18/h7-8,11-12,14H,4-6,9-10,13H2,1-3H3. The fourth-order valence-electron chi connectivity index (χ4n) is 3.03. The van der Waals surface area contributed by atoms with Crippen LogP contribution in [0.2, 0.25) is 0 Å². The van der Waals surface area contributed by atoms with Crippen LogP contribution in [0.1, 0.15) is 52.9 Å². The van der Waals surface area contributed by atoms with Gasteiger partial charge in [0.15, 0.2) is 0 Å². The van der Waals surface area contributed by atoms with Gasteiger partial charge in [-0.2, -0.15) is 4.31 Å². The van der Waals surface area contributed by atoms with Crippen molar-refractivity contribution < 1.29 is 12.8 Å². The first kappa shape index (κ1) is 17.4. The highest BCUT2D eigenvalue weighted by Crippen LogP contribution is 2.31. The van der Waals surface area contributed by atoms with Crippen LogP contribution in [0.4, 0.5) is 4.39 Å². The summed E-state index contributed by atoms with van der Waals surface area (Å²) >= 11 is 0. The van der Waals surface area contributed by atoms with Crippen molar-refractivity contribution in [2.24, 2.45) is 5.41 Å². The second-order valence-corrected chi connectivity index (χ2v) is 9.19. The molecule has 3 nitrogen and oxygen atoms in total. The first-order chi connectivity index (χ1) is 10.2. The first-order valence-corrected chi connectivity index (χ1v) is 9.42. The summed E-state index contributed by atoms with van der Waals surface area (Å²) in [6.07, 6.45) is 4.96. The summed E-state index contributed by atoms with van der Waals surface area (Å²) in [5.74, 6) is -0.669. The molecule has 0 heterocycles. The fourth-order valence-corrected chi connectivity index (χ4v) is 5.01. The highest BCUT2D eigenvalue weighted by molar-refractivity contribution is 7.89. The number of hydrogen-bond acceptors (Lipinski definition) is 2. The summed E-state index contributed by atoms with van der Waals surface area (Å²) in [4.78, 5) is -0.204. The lowest BCUT2D eigenvalue weighted by atomic mass is 9.92. The van der Waals surface area contributed by atoms with E-state index in [9.17, 15) is 12.8 Å². The first-order valence-electron chi connectivity index (χ1n) is 7.98. The molecule has 0 atom stereocenters. The molecule has 1 fully saturated rings. The topological polar surface area (TPSA) is 37.4 Å². The molecule has 1 aromatic carbocycles. The number of nitrogens with zero attached hydrogens (tertiary/aromatic N) is 1. The maximum absolute atomic E-state index is 14.0. The molecule has 5 heteroatoms. The average molecular weight is 327 g/mol. The second kappa shape index (κ2) is 6.67. The second-order valence-electron chi connectivity index (χ2n) is 7.33. The molecule has 0 N–H and O–H groups in total. The predicted octanol–water partition coefficient (Wildman–Crippen LogP) is 4.20. The van der Waals surface area contributed by atoms with Gasteiger partial charge in [0.1, 0.15) is 10.7 Å². The van der Waals surface area contributed by atoms with Crippen LogP contribution in [0.5, 0.6) is 0 Å². The molecule has 1 saturated carbocycles. The molecular weight excluding hydrogens is 301 g/mol. The van der Waals surface area contributed by atoms with Gasteiger partial charge in [-0.15, -0.1) is 0 Å². The van der Waals surface area contributed by atoms with Crippen LogP contribution in [0.15, 0.2) is 29.2 Å². The maximum Gasteiger partial charge on any atom is 0.246 e. The van der Waals surface area contributed by atoms with Crippen molar-refractivity contribution in [1.82, 2.24) is 4.31 Å². The van der Waals surface area contributed by atoms with Gasteiger partial charge in [-0.1, -0.05) is 52.2 Å². The van der Waals surface area contributed by atoms with E-state index in [-0.39, 0.29) is 16.4 Å². The van der Waals surface area contributed by atoms with Crippen molar-refractivity contribution in [1.29, 1.82) is 0 Å². The fraction of sp³-hybridized carbons (Fsp3) is 0.647. The van der Waals surface area contributed by atoms with Gasteiger partial charge in [0.25, 0.3) is 0 Å². The van der Waals surface area contributed by atoms with Crippen LogP contribution in [0.3, 0.4) is 0 Å². The molecule has 124 valence electrons. The number of benzene rings is 1. The van der Waals surface area contributed by atoms with Crippen LogP contribution >= 0.6 is 0 Å². The summed E-state index contributed by atoms with van der Waals surface area (Å²) in [6, 6.07) is 5.65. The third-order valence-electron chi connectivity index (χ3n) is 4.04. The van der Waals surface area contributed by atoms with E-state index in [1.807, 2.05) is 20.8 Å². The zero-order valence-corrected chi connectivity index (χ0v) is 14.5. The number of hydrogen-bond donors (Lipinski definition) is 0. The minimum Gasteiger partial charge on any atom is -0.207 e. The van der Waals surface area contributed by atoms with E-state index < -0.39 is 15.8 Å². The Morgan fingerprint density at radius 3 is 2.27 bits per heavy atom. The van der Waals surface area contributed by atoms with Crippen molar-refractivity contribution in [2.75, 3.05) is 6.54 Å². The van der Waals surface area contributed by atoms with E-state index >= 15 is 0 Å². The average Bonchev–Trinajstić information content (AvgIpc) is 2.45. The third kappa shape index (κ3) is 4.07. The monoisotopic (exact) mass is 327 g/mol. The summed E-state index contributed by atoms with van der Waals surface area (Å²) in [7, 11) is -3.81. The van der Waals surface area contributed by atoms with E-state index in [0.717, 1.165) is 32.1 Å². The normalized spacial score (nSPS) is 17.9. The van der Waals surface area contributed by atoms with Crippen LogP contribution in [-0.2, 0) is 10.0 Å². The molecule has 0 radical (unpaired) electrons. The van der Waals surface area contributed by atoms with E-state index in [2.05, 4.69) is 0 Å². The lowest BCUT2D eigenvalue weighted by molar-refractivity contribution is 0.196. The van der Waals surface area contributed by atoms with Gasteiger partial charge in [0.2, 0.25) is 10.0 Å². The molecular formula is C17H26FNO2S. The Balaban J connectivity index is 2.40. The molecule has 0 aliphatic heterocycles. The van der Waals surface area contributed by atoms with E-state index in [0.29, 0.717) is 6.54 Å². The lowest BCUT2D eigenvalue weighted by Gasteiger charge is -2.37. The zero-order valence-electron chi connectivity index (χ0n) is 13.7. The van der Waals surface area contributed by atoms with E-state index in [1.54, 1.807) is 10.4 Å². The smallest absolute Gasteiger partial charge is 0.207 e. The largest absolute Gasteiger partial charge is 0.246 e. The van der Waals surface area contributed by atoms with Gasteiger partial charge >= 0.3 is 0 Å². The Bertz CT molecular complexity index is 601. The van der Waals surface area contributed by atoms with Gasteiger partial charge < -0.3 is 0 Å². The van der Waals surface area contributed by atoms with Crippen LogP contribution < -0.4 is 0 Å². The molecule has 0 amide bonds. The molecule has 0 aromatic heterocycles. The Morgan fingerprint density at radius 1 is 1.14 bits per heavy atom. The van der Waals surface area contributed by atoms with Crippen LogP contribution in [0.25, 0.3) is 0 Å². The highest BCUT2D eigenvalue weighted by Gasteiger charge is 2.36. The molecule has 1 aromatic rings. The van der Waals surface area contributed by atoms with Gasteiger partial charge in [-0.05, 0) is 30.4 Å². The Kier molecular flexibility index (Phi) is 5.28. The summed E-state index contributed by atoms with van der Waals surface area (Å²) < 4.78 is 41.6. The molecule has 1 aliphatic rings. The van der Waals surface area contributed by atoms with Crippen LogP contribution in [0, 0.1) is 11.2 Å². The third-order valence-corrected chi connectivity index (χ3v) is 5.97. The Labute approximate surface area is 133 Å². The minimum absolute atomic E-state index is 0.0161. The lowest BCUT2D eigenvalue weighted by Crippen LogP contribution is -2.45. The number of rotatable bonds is 4.